The summed E-state index contributed by atoms with van der Waals surface area (Å²) in [6.45, 7) is 0.680. The number of hydrogen-bond donors (Lipinski definition) is 2. The number of fused-ring (bicyclic) bond motifs is 1. The largest absolute Gasteiger partial charge is 0.353 e. The molecule has 4 atom stereocenters. The molecule has 1 aliphatic carbocycles. The number of amides is 1. The first kappa shape index (κ1) is 21.7. The summed E-state index contributed by atoms with van der Waals surface area (Å²) in [7, 11) is 4.14. The van der Waals surface area contributed by atoms with Crippen molar-refractivity contribution in [3.8, 4) is 0 Å². The number of likely N-dealkylation sites (N-methyl/N-ethyl adjacent to an activating group) is 1. The summed E-state index contributed by atoms with van der Waals surface area (Å²) < 4.78 is 0. The predicted octanol–water partition coefficient (Wildman–Crippen LogP) is 3.23. The molecule has 1 aliphatic heterocycles. The maximum atomic E-state index is 12.5. The summed E-state index contributed by atoms with van der Waals surface area (Å²) in [6, 6.07) is 5.06. The molecule has 3 rings (SSSR count). The number of nitrogens with one attached hydrogen (secondary N) is 2. The maximum Gasteiger partial charge on any atom is 0.237 e. The molecule has 4 unspecified atom stereocenters. The molecule has 7 heteroatoms. The third-order valence-corrected chi connectivity index (χ3v) is 6.12. The molecule has 1 amide bonds. The molecule has 138 valence electrons. The Balaban J connectivity index is 0.00000144. The minimum absolute atomic E-state index is 0. The quantitative estimate of drug-likeness (QED) is 0.806. The normalized spacial score (nSPS) is 26.9. The van der Waals surface area contributed by atoms with Gasteiger partial charge in [-0.25, -0.2) is 0 Å². The zero-order chi connectivity index (χ0) is 15.5. The van der Waals surface area contributed by atoms with Crippen LogP contribution in [-0.4, -0.2) is 43.5 Å². The number of carbonyl (C=O) groups is 1. The van der Waals surface area contributed by atoms with Gasteiger partial charge in [0.05, 0.1) is 12.1 Å². The fourth-order valence-electron chi connectivity index (χ4n) is 3.86. The Morgan fingerprint density at radius 3 is 2.75 bits per heavy atom. The van der Waals surface area contributed by atoms with Gasteiger partial charge in [0.15, 0.2) is 0 Å². The highest BCUT2D eigenvalue weighted by Crippen LogP contribution is 2.33. The van der Waals surface area contributed by atoms with Crippen LogP contribution in [0.2, 0.25) is 0 Å². The molecule has 2 N–H and O–H groups in total. The third-order valence-electron chi connectivity index (χ3n) is 5.14. The standard InChI is InChI=1S/C17H27N3OS.2ClH/c1-20(2)15(16-8-5-9-22-16)11-18-17(21)14-10-12-6-3-4-7-13(12)19-14;;/h5,8-9,12-15,19H,3-4,6-7,10-11H2,1-2H3,(H,18,21);2*1H. The van der Waals surface area contributed by atoms with Gasteiger partial charge in [0.25, 0.3) is 0 Å². The zero-order valence-corrected chi connectivity index (χ0v) is 16.8. The molecule has 1 saturated heterocycles. The van der Waals surface area contributed by atoms with E-state index in [2.05, 4.69) is 47.1 Å². The van der Waals surface area contributed by atoms with Crippen LogP contribution in [0, 0.1) is 5.92 Å². The fourth-order valence-corrected chi connectivity index (χ4v) is 4.78. The maximum absolute atomic E-state index is 12.5. The minimum Gasteiger partial charge on any atom is -0.353 e. The average molecular weight is 394 g/mol. The number of halogens is 2. The van der Waals surface area contributed by atoms with Gasteiger partial charge in [0.2, 0.25) is 5.91 Å². The van der Waals surface area contributed by atoms with Gasteiger partial charge in [-0.15, -0.1) is 36.2 Å². The van der Waals surface area contributed by atoms with Crippen LogP contribution in [0.25, 0.3) is 0 Å². The molecule has 0 bridgehead atoms. The van der Waals surface area contributed by atoms with Gasteiger partial charge in [-0.05, 0) is 50.7 Å². The molecule has 2 aliphatic rings. The number of thiophene rings is 1. The van der Waals surface area contributed by atoms with E-state index < -0.39 is 0 Å². The van der Waals surface area contributed by atoms with Crippen LogP contribution in [0.3, 0.4) is 0 Å². The first-order valence-electron chi connectivity index (χ1n) is 8.38. The van der Waals surface area contributed by atoms with Crippen molar-refractivity contribution in [2.24, 2.45) is 5.92 Å². The highest BCUT2D eigenvalue weighted by atomic mass is 35.5. The van der Waals surface area contributed by atoms with Gasteiger partial charge in [0.1, 0.15) is 0 Å². The van der Waals surface area contributed by atoms with Crippen LogP contribution in [0.5, 0.6) is 0 Å². The Morgan fingerprint density at radius 2 is 2.12 bits per heavy atom. The summed E-state index contributed by atoms with van der Waals surface area (Å²) in [5.74, 6) is 0.893. The molecule has 4 nitrogen and oxygen atoms in total. The van der Waals surface area contributed by atoms with E-state index in [1.54, 1.807) is 11.3 Å². The van der Waals surface area contributed by atoms with Crippen molar-refractivity contribution < 1.29 is 4.79 Å². The Kier molecular flexibility index (Phi) is 9.02. The van der Waals surface area contributed by atoms with Crippen molar-refractivity contribution in [1.29, 1.82) is 0 Å². The van der Waals surface area contributed by atoms with Gasteiger partial charge in [-0.3, -0.25) is 4.79 Å². The van der Waals surface area contributed by atoms with E-state index in [1.165, 1.54) is 30.6 Å². The summed E-state index contributed by atoms with van der Waals surface area (Å²) in [4.78, 5) is 16.0. The Bertz CT molecular complexity index is 484. The predicted molar refractivity (Wildman–Crippen MR) is 106 cm³/mol. The van der Waals surface area contributed by atoms with Crippen LogP contribution in [0.15, 0.2) is 17.5 Å². The van der Waals surface area contributed by atoms with Crippen molar-refractivity contribution in [1.82, 2.24) is 15.5 Å². The third kappa shape index (κ3) is 5.09. The lowest BCUT2D eigenvalue weighted by Crippen LogP contribution is -2.45. The van der Waals surface area contributed by atoms with E-state index in [0.717, 1.165) is 6.42 Å². The molecule has 2 fully saturated rings. The van der Waals surface area contributed by atoms with Crippen molar-refractivity contribution >= 4 is 42.1 Å². The van der Waals surface area contributed by atoms with E-state index >= 15 is 0 Å². The molecular formula is C17H29Cl2N3OS. The monoisotopic (exact) mass is 393 g/mol. The average Bonchev–Trinajstić information content (AvgIpc) is 3.16. The lowest BCUT2D eigenvalue weighted by atomic mass is 9.85. The van der Waals surface area contributed by atoms with Crippen molar-refractivity contribution in [2.45, 2.75) is 50.2 Å². The summed E-state index contributed by atoms with van der Waals surface area (Å²) in [5.41, 5.74) is 0. The Hall–Kier alpha value is -0.330. The molecule has 0 radical (unpaired) electrons. The van der Waals surface area contributed by atoms with Gasteiger partial charge in [0, 0.05) is 17.5 Å². The molecule has 1 aromatic rings. The number of hydrogen-bond acceptors (Lipinski definition) is 4. The van der Waals surface area contributed by atoms with Gasteiger partial charge < -0.3 is 15.5 Å². The molecule has 1 aromatic heterocycles. The summed E-state index contributed by atoms with van der Waals surface area (Å²) in [5, 5.41) is 8.82. The molecule has 1 saturated carbocycles. The second-order valence-corrected chi connectivity index (χ2v) is 7.83. The van der Waals surface area contributed by atoms with Crippen LogP contribution in [-0.2, 0) is 4.79 Å². The minimum atomic E-state index is 0. The molecule has 24 heavy (non-hydrogen) atoms. The first-order chi connectivity index (χ1) is 10.6. The molecule has 0 aromatic carbocycles. The second-order valence-electron chi connectivity index (χ2n) is 6.85. The summed E-state index contributed by atoms with van der Waals surface area (Å²) in [6.07, 6.45) is 6.19. The Morgan fingerprint density at radius 1 is 1.38 bits per heavy atom. The van der Waals surface area contributed by atoms with Gasteiger partial charge >= 0.3 is 0 Å². The van der Waals surface area contributed by atoms with Gasteiger partial charge in [-0.1, -0.05) is 18.9 Å². The highest BCUT2D eigenvalue weighted by molar-refractivity contribution is 7.10. The van der Waals surface area contributed by atoms with Crippen LogP contribution < -0.4 is 10.6 Å². The van der Waals surface area contributed by atoms with E-state index in [4.69, 9.17) is 0 Å². The van der Waals surface area contributed by atoms with Crippen molar-refractivity contribution in [3.63, 3.8) is 0 Å². The topological polar surface area (TPSA) is 44.4 Å². The number of rotatable bonds is 5. The lowest BCUT2D eigenvalue weighted by molar-refractivity contribution is -0.123. The van der Waals surface area contributed by atoms with Gasteiger partial charge in [-0.2, -0.15) is 0 Å². The first-order valence-corrected chi connectivity index (χ1v) is 9.26. The van der Waals surface area contributed by atoms with Crippen molar-refractivity contribution in [3.05, 3.63) is 22.4 Å². The van der Waals surface area contributed by atoms with Crippen LogP contribution in [0.1, 0.15) is 43.0 Å². The van der Waals surface area contributed by atoms with E-state index in [1.807, 2.05) is 0 Å². The molecule has 2 heterocycles. The molecule has 0 spiro atoms. The van der Waals surface area contributed by atoms with E-state index in [9.17, 15) is 4.79 Å². The second kappa shape index (κ2) is 9.97. The fraction of sp³-hybridized carbons (Fsp3) is 0.706. The Labute approximate surface area is 161 Å². The lowest BCUT2D eigenvalue weighted by Gasteiger charge is -2.24. The van der Waals surface area contributed by atoms with Crippen LogP contribution >= 0.6 is 36.2 Å². The zero-order valence-electron chi connectivity index (χ0n) is 14.4. The molecular weight excluding hydrogens is 365 g/mol. The number of carbonyl (C=O) groups excluding carboxylic acids is 1. The van der Waals surface area contributed by atoms with E-state index in [0.29, 0.717) is 18.5 Å². The smallest absolute Gasteiger partial charge is 0.237 e. The SMILES string of the molecule is CN(C)C(CNC(=O)C1CC2CCCCC2N1)c1cccs1.Cl.Cl. The summed E-state index contributed by atoms with van der Waals surface area (Å²) >= 11 is 1.75. The number of nitrogens with zero attached hydrogens (tertiary/aromatic N) is 1. The highest BCUT2D eigenvalue weighted by Gasteiger charge is 2.38. The van der Waals surface area contributed by atoms with Crippen molar-refractivity contribution in [2.75, 3.05) is 20.6 Å². The van der Waals surface area contributed by atoms with Crippen LogP contribution in [0.4, 0.5) is 0 Å². The van der Waals surface area contributed by atoms with E-state index in [-0.39, 0.29) is 42.8 Å².